The van der Waals surface area contributed by atoms with Gasteiger partial charge in [0.25, 0.3) is 0 Å². The largest absolute Gasteiger partial charge is 0.459 e. The molecule has 0 saturated carbocycles. The normalized spacial score (nSPS) is 18.1. The van der Waals surface area contributed by atoms with Gasteiger partial charge in [-0.2, -0.15) is 0 Å². The first kappa shape index (κ1) is 15.8. The number of aromatic nitrogens is 2. The number of hydrogen-bond acceptors (Lipinski definition) is 5. The summed E-state index contributed by atoms with van der Waals surface area (Å²) in [6.45, 7) is 6.71. The lowest BCUT2D eigenvalue weighted by molar-refractivity contribution is -0.0300. The Hall–Kier alpha value is -2.08. The molecule has 1 aliphatic rings. The van der Waals surface area contributed by atoms with Crippen LogP contribution in [-0.4, -0.2) is 35.0 Å². The average Bonchev–Trinajstić information content (AvgIpc) is 3.09. The Balaban J connectivity index is 1.73. The van der Waals surface area contributed by atoms with Crippen LogP contribution in [0.25, 0.3) is 5.82 Å². The van der Waals surface area contributed by atoms with Crippen molar-refractivity contribution in [1.82, 2.24) is 9.72 Å². The summed E-state index contributed by atoms with van der Waals surface area (Å²) >= 11 is 0. The summed E-state index contributed by atoms with van der Waals surface area (Å²) in [5, 5.41) is 4.02. The van der Waals surface area contributed by atoms with Gasteiger partial charge >= 0.3 is 5.97 Å². The first-order chi connectivity index (χ1) is 11.1. The molecule has 0 N–H and O–H groups in total. The lowest BCUT2D eigenvalue weighted by Gasteiger charge is -2.22. The van der Waals surface area contributed by atoms with E-state index in [0.29, 0.717) is 18.0 Å². The Morgan fingerprint density at radius 2 is 2.17 bits per heavy atom. The molecule has 6 nitrogen and oxygen atoms in total. The molecule has 1 unspecified atom stereocenters. The summed E-state index contributed by atoms with van der Waals surface area (Å²) in [7, 11) is 0. The second-order valence-corrected chi connectivity index (χ2v) is 6.00. The van der Waals surface area contributed by atoms with Crippen molar-refractivity contribution in [3.05, 3.63) is 34.8 Å². The predicted octanol–water partition coefficient (Wildman–Crippen LogP) is 3.12. The van der Waals surface area contributed by atoms with Crippen molar-refractivity contribution in [2.75, 3.05) is 13.2 Å². The monoisotopic (exact) mass is 318 g/mol. The van der Waals surface area contributed by atoms with Gasteiger partial charge in [-0.1, -0.05) is 5.16 Å². The molecular formula is C17H22N2O4. The minimum Gasteiger partial charge on any atom is -0.459 e. The summed E-state index contributed by atoms with van der Waals surface area (Å²) in [6.07, 6.45) is 3.18. The van der Waals surface area contributed by atoms with E-state index in [1.165, 1.54) is 0 Å². The van der Waals surface area contributed by atoms with Crippen molar-refractivity contribution in [1.29, 1.82) is 0 Å². The van der Waals surface area contributed by atoms with Gasteiger partial charge in [-0.3, -0.25) is 4.57 Å². The topological polar surface area (TPSA) is 66.5 Å². The molecule has 0 bridgehead atoms. The van der Waals surface area contributed by atoms with Crippen LogP contribution < -0.4 is 0 Å². The van der Waals surface area contributed by atoms with E-state index < -0.39 is 0 Å². The smallest absolute Gasteiger partial charge is 0.340 e. The van der Waals surface area contributed by atoms with Gasteiger partial charge in [0.1, 0.15) is 12.4 Å². The second-order valence-electron chi connectivity index (χ2n) is 6.00. The SMILES string of the molecule is Cc1cc(-n2c(C)cc(C(=O)OCC3CCCCO3)c2C)no1. The van der Waals surface area contributed by atoms with Gasteiger partial charge in [0.05, 0.1) is 11.7 Å². The van der Waals surface area contributed by atoms with Gasteiger partial charge in [-0.25, -0.2) is 4.79 Å². The van der Waals surface area contributed by atoms with Crippen molar-refractivity contribution >= 4 is 5.97 Å². The van der Waals surface area contributed by atoms with E-state index in [4.69, 9.17) is 14.0 Å². The molecule has 3 heterocycles. The number of esters is 1. The molecule has 1 atom stereocenters. The van der Waals surface area contributed by atoms with Crippen LogP contribution in [0.15, 0.2) is 16.7 Å². The number of carbonyl (C=O) groups excluding carboxylic acids is 1. The molecule has 6 heteroatoms. The molecule has 1 fully saturated rings. The van der Waals surface area contributed by atoms with E-state index >= 15 is 0 Å². The first-order valence-corrected chi connectivity index (χ1v) is 7.97. The van der Waals surface area contributed by atoms with Crippen molar-refractivity contribution in [3.63, 3.8) is 0 Å². The van der Waals surface area contributed by atoms with Gasteiger partial charge in [0.2, 0.25) is 0 Å². The Kier molecular flexibility index (Phi) is 4.52. The molecular weight excluding hydrogens is 296 g/mol. The van der Waals surface area contributed by atoms with Gasteiger partial charge in [0, 0.05) is 24.1 Å². The lowest BCUT2D eigenvalue weighted by atomic mass is 10.1. The maximum absolute atomic E-state index is 12.4. The van der Waals surface area contributed by atoms with Crippen LogP contribution >= 0.6 is 0 Å². The number of aryl methyl sites for hydroxylation is 2. The highest BCUT2D eigenvalue weighted by molar-refractivity contribution is 5.91. The van der Waals surface area contributed by atoms with Crippen LogP contribution in [0.2, 0.25) is 0 Å². The minimum atomic E-state index is -0.321. The van der Waals surface area contributed by atoms with Crippen molar-refractivity contribution < 1.29 is 18.8 Å². The number of rotatable bonds is 4. The number of nitrogens with zero attached hydrogens (tertiary/aromatic N) is 2. The van der Waals surface area contributed by atoms with E-state index in [9.17, 15) is 4.79 Å². The minimum absolute atomic E-state index is 0.0226. The zero-order valence-corrected chi connectivity index (χ0v) is 13.8. The van der Waals surface area contributed by atoms with Gasteiger partial charge in [-0.05, 0) is 46.1 Å². The highest BCUT2D eigenvalue weighted by Gasteiger charge is 2.21. The summed E-state index contributed by atoms with van der Waals surface area (Å²) in [4.78, 5) is 12.4. The highest BCUT2D eigenvalue weighted by atomic mass is 16.6. The molecule has 0 aromatic carbocycles. The van der Waals surface area contributed by atoms with Crippen molar-refractivity contribution in [3.8, 4) is 5.82 Å². The molecule has 0 aliphatic carbocycles. The fourth-order valence-corrected chi connectivity index (χ4v) is 2.97. The Morgan fingerprint density at radius 3 is 2.83 bits per heavy atom. The van der Waals surface area contributed by atoms with E-state index in [0.717, 1.165) is 43.0 Å². The molecule has 124 valence electrons. The number of hydrogen-bond donors (Lipinski definition) is 0. The quantitative estimate of drug-likeness (QED) is 0.810. The van der Waals surface area contributed by atoms with Crippen molar-refractivity contribution in [2.45, 2.75) is 46.1 Å². The molecule has 0 radical (unpaired) electrons. The molecule has 3 rings (SSSR count). The standard InChI is InChI=1S/C17H22N2O4/c1-11-8-15(13(3)19(11)16-9-12(2)23-18-16)17(20)22-10-14-6-4-5-7-21-14/h8-9,14H,4-7,10H2,1-3H3. The summed E-state index contributed by atoms with van der Waals surface area (Å²) in [5.41, 5.74) is 2.26. The van der Waals surface area contributed by atoms with Crippen LogP contribution in [0.4, 0.5) is 0 Å². The Morgan fingerprint density at radius 1 is 1.35 bits per heavy atom. The fourth-order valence-electron chi connectivity index (χ4n) is 2.97. The third-order valence-corrected chi connectivity index (χ3v) is 4.17. The van der Waals surface area contributed by atoms with Crippen LogP contribution in [-0.2, 0) is 9.47 Å². The molecule has 1 aliphatic heterocycles. The molecule has 0 amide bonds. The Bertz CT molecular complexity index is 696. The van der Waals surface area contributed by atoms with Gasteiger partial charge in [0.15, 0.2) is 5.82 Å². The number of carbonyl (C=O) groups is 1. The third-order valence-electron chi connectivity index (χ3n) is 4.17. The van der Waals surface area contributed by atoms with E-state index in [2.05, 4.69) is 5.16 Å². The van der Waals surface area contributed by atoms with Crippen LogP contribution in [0.5, 0.6) is 0 Å². The van der Waals surface area contributed by atoms with Crippen LogP contribution in [0.1, 0.15) is 46.8 Å². The molecule has 23 heavy (non-hydrogen) atoms. The molecule has 2 aromatic rings. The van der Waals surface area contributed by atoms with Crippen molar-refractivity contribution in [2.24, 2.45) is 0 Å². The maximum atomic E-state index is 12.4. The second kappa shape index (κ2) is 6.58. The molecule has 2 aromatic heterocycles. The predicted molar refractivity (Wildman–Crippen MR) is 83.9 cm³/mol. The van der Waals surface area contributed by atoms with E-state index in [-0.39, 0.29) is 12.1 Å². The summed E-state index contributed by atoms with van der Waals surface area (Å²) < 4.78 is 18.0. The maximum Gasteiger partial charge on any atom is 0.340 e. The zero-order valence-electron chi connectivity index (χ0n) is 13.8. The summed E-state index contributed by atoms with van der Waals surface area (Å²) in [5.74, 6) is 1.08. The molecule has 1 saturated heterocycles. The molecule has 0 spiro atoms. The van der Waals surface area contributed by atoms with Crippen LogP contribution in [0.3, 0.4) is 0 Å². The highest BCUT2D eigenvalue weighted by Crippen LogP contribution is 2.22. The van der Waals surface area contributed by atoms with Gasteiger partial charge in [-0.15, -0.1) is 0 Å². The van der Waals surface area contributed by atoms with Crippen LogP contribution in [0, 0.1) is 20.8 Å². The fraction of sp³-hybridized carbons (Fsp3) is 0.529. The van der Waals surface area contributed by atoms with E-state index in [1.54, 1.807) is 0 Å². The summed E-state index contributed by atoms with van der Waals surface area (Å²) in [6, 6.07) is 3.66. The zero-order chi connectivity index (χ0) is 16.4. The number of ether oxygens (including phenoxy) is 2. The average molecular weight is 318 g/mol. The van der Waals surface area contributed by atoms with E-state index in [1.807, 2.05) is 37.5 Å². The third kappa shape index (κ3) is 3.32. The lowest BCUT2D eigenvalue weighted by Crippen LogP contribution is -2.26. The first-order valence-electron chi connectivity index (χ1n) is 7.97. The Labute approximate surface area is 135 Å². The van der Waals surface area contributed by atoms with Gasteiger partial charge < -0.3 is 14.0 Å².